The van der Waals surface area contributed by atoms with Crippen molar-refractivity contribution >= 4 is 0 Å². The second-order valence-electron chi connectivity index (χ2n) is 6.25. The Morgan fingerprint density at radius 3 is 2.64 bits per heavy atom. The van der Waals surface area contributed by atoms with Crippen molar-refractivity contribution in [3.05, 3.63) is 71.7 Å². The minimum atomic E-state index is 0.189. The predicted molar refractivity (Wildman–Crippen MR) is 98.8 cm³/mol. The van der Waals surface area contributed by atoms with E-state index in [0.29, 0.717) is 0 Å². The van der Waals surface area contributed by atoms with Crippen LogP contribution < -0.4 is 0 Å². The number of nitrogens with one attached hydrogen (secondary N) is 1. The molecule has 0 amide bonds. The molecule has 0 unspecified atom stereocenters. The number of aryl methyl sites for hydroxylation is 1. The van der Waals surface area contributed by atoms with Gasteiger partial charge in [-0.05, 0) is 31.0 Å². The number of rotatable bonds is 8. The molecule has 0 radical (unpaired) electrons. The van der Waals surface area contributed by atoms with E-state index >= 15 is 0 Å². The molecule has 3 rings (SSSR count). The molecule has 2 heterocycles. The molecule has 0 aliphatic rings. The molecule has 1 aromatic carbocycles. The van der Waals surface area contributed by atoms with Gasteiger partial charge in [-0.3, -0.25) is 15.0 Å². The molecule has 0 fully saturated rings. The minimum absolute atomic E-state index is 0.189. The van der Waals surface area contributed by atoms with Crippen molar-refractivity contribution in [3.63, 3.8) is 0 Å². The van der Waals surface area contributed by atoms with Crippen LogP contribution in [0.15, 0.2) is 54.9 Å². The van der Waals surface area contributed by atoms with E-state index in [1.165, 1.54) is 5.56 Å². The maximum absolute atomic E-state index is 9.21. The van der Waals surface area contributed by atoms with E-state index in [1.54, 1.807) is 0 Å². The summed E-state index contributed by atoms with van der Waals surface area (Å²) in [6, 6.07) is 14.4. The van der Waals surface area contributed by atoms with Gasteiger partial charge < -0.3 is 5.11 Å². The first-order chi connectivity index (χ1) is 12.3. The third kappa shape index (κ3) is 4.75. The summed E-state index contributed by atoms with van der Waals surface area (Å²) >= 11 is 0. The Labute approximate surface area is 148 Å². The van der Waals surface area contributed by atoms with Crippen LogP contribution in [0.3, 0.4) is 0 Å². The third-order valence-corrected chi connectivity index (χ3v) is 4.20. The fourth-order valence-electron chi connectivity index (χ4n) is 2.87. The maximum Gasteiger partial charge on any atom is 0.0695 e. The Hall–Kier alpha value is -2.50. The number of hydrogen-bond acceptors (Lipinski definition) is 4. The quantitative estimate of drug-likeness (QED) is 0.663. The van der Waals surface area contributed by atoms with Crippen molar-refractivity contribution in [1.82, 2.24) is 20.1 Å². The van der Waals surface area contributed by atoms with Gasteiger partial charge in [-0.2, -0.15) is 5.10 Å². The highest BCUT2D eigenvalue weighted by Gasteiger charge is 2.13. The van der Waals surface area contributed by atoms with Crippen LogP contribution in [0.2, 0.25) is 0 Å². The van der Waals surface area contributed by atoms with Gasteiger partial charge in [-0.15, -0.1) is 0 Å². The molecule has 0 bridgehead atoms. The number of H-pyrrole nitrogens is 1. The van der Waals surface area contributed by atoms with Crippen molar-refractivity contribution in [3.8, 4) is 11.3 Å². The van der Waals surface area contributed by atoms with Gasteiger partial charge in [0.1, 0.15) is 0 Å². The first-order valence-corrected chi connectivity index (χ1v) is 8.58. The van der Waals surface area contributed by atoms with Crippen molar-refractivity contribution in [2.24, 2.45) is 0 Å². The molecule has 130 valence electrons. The van der Waals surface area contributed by atoms with E-state index in [4.69, 9.17) is 0 Å². The van der Waals surface area contributed by atoms with Gasteiger partial charge >= 0.3 is 0 Å². The smallest absolute Gasteiger partial charge is 0.0695 e. The maximum atomic E-state index is 9.21. The minimum Gasteiger partial charge on any atom is -0.396 e. The van der Waals surface area contributed by atoms with Crippen molar-refractivity contribution in [2.75, 3.05) is 13.2 Å². The molecule has 3 aromatic rings. The summed E-state index contributed by atoms with van der Waals surface area (Å²) in [5.74, 6) is 0. The lowest BCUT2D eigenvalue weighted by Crippen LogP contribution is -2.25. The van der Waals surface area contributed by atoms with E-state index in [1.807, 2.05) is 30.6 Å². The number of aliphatic hydroxyl groups is 1. The molecule has 2 N–H and O–H groups in total. The van der Waals surface area contributed by atoms with Crippen LogP contribution in [0.5, 0.6) is 0 Å². The van der Waals surface area contributed by atoms with Crippen LogP contribution in [0, 0.1) is 6.92 Å². The van der Waals surface area contributed by atoms with Crippen LogP contribution in [0.25, 0.3) is 11.3 Å². The lowest BCUT2D eigenvalue weighted by molar-refractivity contribution is 0.211. The van der Waals surface area contributed by atoms with Gasteiger partial charge in [0.05, 0.1) is 17.6 Å². The highest BCUT2D eigenvalue weighted by molar-refractivity contribution is 5.62. The van der Waals surface area contributed by atoms with Crippen LogP contribution in [-0.2, 0) is 13.1 Å². The number of benzene rings is 1. The first-order valence-electron chi connectivity index (χ1n) is 8.58. The topological polar surface area (TPSA) is 65.0 Å². The standard InChI is InChI=1S/C20H24N4O/c1-16-6-8-17(9-7-16)20-18(13-22-23-20)14-24(11-4-12-25)15-19-5-2-3-10-21-19/h2-3,5-10,13,25H,4,11-12,14-15H2,1H3,(H,22,23). The molecular weight excluding hydrogens is 312 g/mol. The second-order valence-corrected chi connectivity index (χ2v) is 6.25. The lowest BCUT2D eigenvalue weighted by atomic mass is 10.1. The van der Waals surface area contributed by atoms with Crippen LogP contribution >= 0.6 is 0 Å². The zero-order valence-corrected chi connectivity index (χ0v) is 14.5. The summed E-state index contributed by atoms with van der Waals surface area (Å²) in [5, 5.41) is 16.6. The molecule has 0 spiro atoms. The van der Waals surface area contributed by atoms with E-state index in [2.05, 4.69) is 51.3 Å². The van der Waals surface area contributed by atoms with E-state index in [-0.39, 0.29) is 6.61 Å². The summed E-state index contributed by atoms with van der Waals surface area (Å²) < 4.78 is 0. The van der Waals surface area contributed by atoms with Crippen LogP contribution in [0.4, 0.5) is 0 Å². The Morgan fingerprint density at radius 1 is 1.08 bits per heavy atom. The zero-order valence-electron chi connectivity index (χ0n) is 14.5. The average Bonchev–Trinajstić information content (AvgIpc) is 3.09. The fourth-order valence-corrected chi connectivity index (χ4v) is 2.87. The summed E-state index contributed by atoms with van der Waals surface area (Å²) in [7, 11) is 0. The van der Waals surface area contributed by atoms with Crippen molar-refractivity contribution in [2.45, 2.75) is 26.4 Å². The SMILES string of the molecule is Cc1ccc(-c2[nH]ncc2CN(CCCO)Cc2ccccn2)cc1. The molecule has 2 aromatic heterocycles. The van der Waals surface area contributed by atoms with E-state index in [0.717, 1.165) is 48.6 Å². The molecule has 0 saturated heterocycles. The van der Waals surface area contributed by atoms with Gasteiger partial charge in [0.2, 0.25) is 0 Å². The Kier molecular flexibility index (Phi) is 5.93. The van der Waals surface area contributed by atoms with Crippen LogP contribution in [-0.4, -0.2) is 38.3 Å². The second kappa shape index (κ2) is 8.55. The molecule has 0 saturated carbocycles. The Morgan fingerprint density at radius 2 is 1.92 bits per heavy atom. The van der Waals surface area contributed by atoms with Gasteiger partial charge in [0.15, 0.2) is 0 Å². The summed E-state index contributed by atoms with van der Waals surface area (Å²) in [4.78, 5) is 6.71. The van der Waals surface area contributed by atoms with Gasteiger partial charge in [0.25, 0.3) is 0 Å². The van der Waals surface area contributed by atoms with Gasteiger partial charge in [-0.1, -0.05) is 35.9 Å². The largest absolute Gasteiger partial charge is 0.396 e. The molecule has 0 aliphatic carbocycles. The highest BCUT2D eigenvalue weighted by atomic mass is 16.3. The average molecular weight is 336 g/mol. The van der Waals surface area contributed by atoms with E-state index in [9.17, 15) is 5.11 Å². The van der Waals surface area contributed by atoms with Crippen molar-refractivity contribution < 1.29 is 5.11 Å². The molecule has 25 heavy (non-hydrogen) atoms. The summed E-state index contributed by atoms with van der Waals surface area (Å²) in [6.45, 7) is 4.59. The molecule has 5 nitrogen and oxygen atoms in total. The zero-order chi connectivity index (χ0) is 17.5. The van der Waals surface area contributed by atoms with Crippen LogP contribution in [0.1, 0.15) is 23.2 Å². The molecule has 0 atom stereocenters. The Balaban J connectivity index is 1.77. The number of aromatic nitrogens is 3. The summed E-state index contributed by atoms with van der Waals surface area (Å²) in [5.41, 5.74) is 5.61. The third-order valence-electron chi connectivity index (χ3n) is 4.20. The lowest BCUT2D eigenvalue weighted by Gasteiger charge is -2.21. The van der Waals surface area contributed by atoms with Gasteiger partial charge in [-0.25, -0.2) is 0 Å². The summed E-state index contributed by atoms with van der Waals surface area (Å²) in [6.07, 6.45) is 4.44. The highest BCUT2D eigenvalue weighted by Crippen LogP contribution is 2.23. The molecular formula is C20H24N4O. The molecule has 5 heteroatoms. The first kappa shape index (κ1) is 17.3. The normalized spacial score (nSPS) is 11.2. The monoisotopic (exact) mass is 336 g/mol. The van der Waals surface area contributed by atoms with Crippen molar-refractivity contribution in [1.29, 1.82) is 0 Å². The Bertz CT molecular complexity index is 768. The van der Waals surface area contributed by atoms with Gasteiger partial charge in [0, 0.05) is 38.0 Å². The number of aromatic amines is 1. The number of hydrogen-bond donors (Lipinski definition) is 2. The predicted octanol–water partition coefficient (Wildman–Crippen LogP) is 3.16. The fraction of sp³-hybridized carbons (Fsp3) is 0.300. The number of pyridine rings is 1. The number of nitrogens with zero attached hydrogens (tertiary/aromatic N) is 3. The molecule has 0 aliphatic heterocycles. The van der Waals surface area contributed by atoms with E-state index < -0.39 is 0 Å². The number of aliphatic hydroxyl groups excluding tert-OH is 1.